The largest absolute Gasteiger partial charge is 0.370 e. The van der Waals surface area contributed by atoms with Crippen molar-refractivity contribution in [2.45, 2.75) is 50.5 Å². The van der Waals surface area contributed by atoms with Crippen molar-refractivity contribution in [2.24, 2.45) is 0 Å². The fourth-order valence-corrected chi connectivity index (χ4v) is 5.45. The average molecular weight is 634 g/mol. The Bertz CT molecular complexity index is 1810. The fraction of sp³-hybridized carbons (Fsp3) is 0.222. The maximum atomic E-state index is 14.0. The lowest BCUT2D eigenvalue weighted by Gasteiger charge is -2.27. The van der Waals surface area contributed by atoms with Crippen LogP contribution in [0.5, 0.6) is 0 Å². The molecule has 11 heteroatoms. The van der Waals surface area contributed by atoms with Crippen LogP contribution in [0.3, 0.4) is 0 Å². The summed E-state index contributed by atoms with van der Waals surface area (Å²) in [7, 11) is 0. The molecule has 1 unspecified atom stereocenters. The van der Waals surface area contributed by atoms with Crippen molar-refractivity contribution < 1.29 is 29.5 Å². The summed E-state index contributed by atoms with van der Waals surface area (Å²) in [6.07, 6.45) is 6.14. The van der Waals surface area contributed by atoms with Crippen molar-refractivity contribution in [2.75, 3.05) is 10.6 Å². The Morgan fingerprint density at radius 2 is 1.26 bits per heavy atom. The van der Waals surface area contributed by atoms with Gasteiger partial charge in [-0.2, -0.15) is 0 Å². The van der Waals surface area contributed by atoms with Gasteiger partial charge in [0.15, 0.2) is 5.78 Å². The molecule has 0 saturated carbocycles. The molecule has 0 aliphatic carbocycles. The van der Waals surface area contributed by atoms with Gasteiger partial charge in [0.25, 0.3) is 5.91 Å². The Kier molecular flexibility index (Phi) is 10.6. The highest BCUT2D eigenvalue weighted by atomic mass is 16.5. The molecule has 240 valence electrons. The van der Waals surface area contributed by atoms with Gasteiger partial charge in [-0.15, -0.1) is 0 Å². The normalized spacial score (nSPS) is 12.3. The molecule has 5 rings (SSSR count). The van der Waals surface area contributed by atoms with E-state index in [1.165, 1.54) is 24.3 Å². The number of para-hydroxylation sites is 2. The lowest BCUT2D eigenvalue weighted by Crippen LogP contribution is -2.48. The van der Waals surface area contributed by atoms with Gasteiger partial charge in [-0.25, -0.2) is 5.48 Å². The molecule has 2 heterocycles. The molecule has 0 saturated heterocycles. The maximum Gasteiger partial charge on any atom is 0.269 e. The van der Waals surface area contributed by atoms with E-state index < -0.39 is 23.2 Å². The number of fused-ring (bicyclic) bond motifs is 2. The molecule has 11 nitrogen and oxygen atoms in total. The third-order valence-corrected chi connectivity index (χ3v) is 7.95. The SMILES string of the molecule is O=C(CCCCCCC(=O)Nc1ccc(C(O)(C(=O)Cc2cccc3cccnc23)C(=O)Nc2cccc3cccnc23)cc1)NO. The zero-order valence-corrected chi connectivity index (χ0v) is 25.6. The summed E-state index contributed by atoms with van der Waals surface area (Å²) in [5.74, 6) is -2.35. The van der Waals surface area contributed by atoms with Crippen LogP contribution < -0.4 is 16.1 Å². The number of anilines is 2. The van der Waals surface area contributed by atoms with Crippen molar-refractivity contribution in [3.05, 3.63) is 108 Å². The molecule has 0 spiro atoms. The number of nitrogens with zero attached hydrogens (tertiary/aromatic N) is 2. The van der Waals surface area contributed by atoms with E-state index in [-0.39, 0.29) is 30.7 Å². The van der Waals surface area contributed by atoms with E-state index in [0.29, 0.717) is 40.8 Å². The van der Waals surface area contributed by atoms with Crippen molar-refractivity contribution in [1.82, 2.24) is 15.4 Å². The number of hydrogen-bond donors (Lipinski definition) is 5. The van der Waals surface area contributed by atoms with Crippen LogP contribution in [0.1, 0.15) is 49.7 Å². The highest BCUT2D eigenvalue weighted by Crippen LogP contribution is 2.30. The minimum Gasteiger partial charge on any atom is -0.370 e. The number of carbonyl (C=O) groups excluding carboxylic acids is 4. The predicted molar refractivity (Wildman–Crippen MR) is 177 cm³/mol. The molecule has 1 atom stereocenters. The van der Waals surface area contributed by atoms with E-state index in [9.17, 15) is 24.3 Å². The molecule has 47 heavy (non-hydrogen) atoms. The van der Waals surface area contributed by atoms with E-state index in [0.717, 1.165) is 23.6 Å². The second kappa shape index (κ2) is 15.2. The van der Waals surface area contributed by atoms with E-state index in [1.54, 1.807) is 54.3 Å². The fourth-order valence-electron chi connectivity index (χ4n) is 5.45. The van der Waals surface area contributed by atoms with Gasteiger partial charge >= 0.3 is 0 Å². The van der Waals surface area contributed by atoms with Gasteiger partial charge in [-0.3, -0.25) is 34.4 Å². The average Bonchev–Trinajstić information content (AvgIpc) is 3.09. The van der Waals surface area contributed by atoms with Crippen LogP contribution in [0.15, 0.2) is 97.3 Å². The summed E-state index contributed by atoms with van der Waals surface area (Å²) in [5, 5.41) is 27.7. The van der Waals surface area contributed by atoms with Crippen LogP contribution >= 0.6 is 0 Å². The topological polar surface area (TPSA) is 171 Å². The molecular formula is C36H35N5O6. The zero-order chi connectivity index (χ0) is 33.2. The summed E-state index contributed by atoms with van der Waals surface area (Å²) >= 11 is 0. The van der Waals surface area contributed by atoms with Gasteiger partial charge in [-0.1, -0.05) is 67.4 Å². The number of ketones is 1. The Morgan fingerprint density at radius 1 is 0.660 bits per heavy atom. The van der Waals surface area contributed by atoms with Crippen LogP contribution in [0.25, 0.3) is 21.8 Å². The second-order valence-corrected chi connectivity index (χ2v) is 11.2. The zero-order valence-electron chi connectivity index (χ0n) is 25.6. The van der Waals surface area contributed by atoms with Crippen LogP contribution in [-0.2, 0) is 31.2 Å². The molecule has 2 aromatic heterocycles. The summed E-state index contributed by atoms with van der Waals surface area (Å²) < 4.78 is 0. The molecule has 5 aromatic rings. The van der Waals surface area contributed by atoms with Crippen molar-refractivity contribution in [3.8, 4) is 0 Å². The number of nitrogens with one attached hydrogen (secondary N) is 3. The molecule has 3 amide bonds. The Morgan fingerprint density at radius 3 is 1.94 bits per heavy atom. The molecule has 0 bridgehead atoms. The Hall–Kier alpha value is -5.52. The number of aliphatic hydroxyl groups is 1. The Balaban J connectivity index is 1.35. The summed E-state index contributed by atoms with van der Waals surface area (Å²) in [4.78, 5) is 60.4. The molecular weight excluding hydrogens is 598 g/mol. The third kappa shape index (κ3) is 7.83. The summed E-state index contributed by atoms with van der Waals surface area (Å²) in [6.45, 7) is 0. The maximum absolute atomic E-state index is 14.0. The molecule has 0 aliphatic heterocycles. The van der Waals surface area contributed by atoms with Gasteiger partial charge in [0.2, 0.25) is 17.4 Å². The van der Waals surface area contributed by atoms with Crippen molar-refractivity contribution >= 4 is 56.7 Å². The number of Topliss-reactive ketones (excluding diaryl/α,β-unsaturated/α-hetero) is 1. The van der Waals surface area contributed by atoms with E-state index >= 15 is 0 Å². The lowest BCUT2D eigenvalue weighted by molar-refractivity contribution is -0.149. The molecule has 0 aliphatic rings. The van der Waals surface area contributed by atoms with Gasteiger partial charge in [0.1, 0.15) is 0 Å². The lowest BCUT2D eigenvalue weighted by atomic mass is 9.84. The van der Waals surface area contributed by atoms with Crippen LogP contribution in [0.4, 0.5) is 11.4 Å². The van der Waals surface area contributed by atoms with Crippen LogP contribution in [0.2, 0.25) is 0 Å². The highest BCUT2D eigenvalue weighted by Gasteiger charge is 2.45. The molecule has 5 N–H and O–H groups in total. The molecule has 0 radical (unpaired) electrons. The predicted octanol–water partition coefficient (Wildman–Crippen LogP) is 5.21. The minimum atomic E-state index is -2.59. The third-order valence-electron chi connectivity index (χ3n) is 7.95. The number of rotatable bonds is 14. The van der Waals surface area contributed by atoms with Crippen molar-refractivity contribution in [1.29, 1.82) is 0 Å². The number of hydrogen-bond acceptors (Lipinski definition) is 8. The van der Waals surface area contributed by atoms with E-state index in [4.69, 9.17) is 5.21 Å². The van der Waals surface area contributed by atoms with E-state index in [1.807, 2.05) is 24.3 Å². The Labute approximate surface area is 271 Å². The number of unbranched alkanes of at least 4 members (excludes halogenated alkanes) is 3. The van der Waals surface area contributed by atoms with Gasteiger partial charge in [-0.05, 0) is 48.7 Å². The first-order chi connectivity index (χ1) is 22.8. The first-order valence-electron chi connectivity index (χ1n) is 15.4. The first-order valence-corrected chi connectivity index (χ1v) is 15.4. The number of hydroxylamine groups is 1. The van der Waals surface area contributed by atoms with Gasteiger partial charge in [0, 0.05) is 53.7 Å². The second-order valence-electron chi connectivity index (χ2n) is 11.2. The van der Waals surface area contributed by atoms with E-state index in [2.05, 4.69) is 20.6 Å². The molecule has 3 aromatic carbocycles. The monoisotopic (exact) mass is 633 g/mol. The number of pyridine rings is 2. The van der Waals surface area contributed by atoms with Crippen molar-refractivity contribution in [3.63, 3.8) is 0 Å². The van der Waals surface area contributed by atoms with Crippen LogP contribution in [-0.4, -0.2) is 43.8 Å². The number of aromatic nitrogens is 2. The summed E-state index contributed by atoms with van der Waals surface area (Å²) in [5.41, 5.74) is 1.47. The highest BCUT2D eigenvalue weighted by molar-refractivity contribution is 6.17. The number of carbonyl (C=O) groups is 4. The van der Waals surface area contributed by atoms with Gasteiger partial charge < -0.3 is 15.7 Å². The number of benzene rings is 3. The summed E-state index contributed by atoms with van der Waals surface area (Å²) in [6, 6.07) is 23.9. The smallest absolute Gasteiger partial charge is 0.269 e. The quantitative estimate of drug-likeness (QED) is 0.0480. The molecule has 0 fully saturated rings. The van der Waals surface area contributed by atoms with Crippen LogP contribution in [0, 0.1) is 0 Å². The number of amides is 3. The standard InChI is InChI=1S/C36H35N5O6/c42-30(23-26-11-5-9-24-12-7-21-37-33(24)26)36(46,35(45)40-29-14-6-10-25-13-8-22-38-34(25)29)27-17-19-28(20-18-27)39-31(43)15-3-1-2-4-16-32(44)41-47/h5-14,17-22,46-47H,1-4,15-16,23H2,(H,39,43)(H,40,45)(H,41,44). The van der Waals surface area contributed by atoms with Gasteiger partial charge in [0.05, 0.1) is 16.7 Å². The first kappa shape index (κ1) is 32.9. The minimum absolute atomic E-state index is 0.0336.